The molecule has 4 rings (SSSR count). The van der Waals surface area contributed by atoms with Gasteiger partial charge in [0.1, 0.15) is 12.6 Å². The molecular formula is C18H32NO2+. The number of hydrogen-bond acceptors (Lipinski definition) is 2. The summed E-state index contributed by atoms with van der Waals surface area (Å²) in [4.78, 5) is 1.75. The fraction of sp³-hybridized carbons (Fsp3) is 1.00. The van der Waals surface area contributed by atoms with E-state index in [-0.39, 0.29) is 5.79 Å². The minimum absolute atomic E-state index is 0.182. The van der Waals surface area contributed by atoms with E-state index in [2.05, 4.69) is 0 Å². The Hall–Kier alpha value is -0.120. The van der Waals surface area contributed by atoms with Crippen molar-refractivity contribution in [3.63, 3.8) is 0 Å². The highest BCUT2D eigenvalue weighted by Crippen LogP contribution is 2.48. The summed E-state index contributed by atoms with van der Waals surface area (Å²) in [5, 5.41) is 0. The molecule has 3 heteroatoms. The number of fused-ring (bicyclic) bond motifs is 1. The van der Waals surface area contributed by atoms with E-state index < -0.39 is 0 Å². The van der Waals surface area contributed by atoms with Gasteiger partial charge in [-0.2, -0.15) is 0 Å². The molecule has 0 radical (unpaired) electrons. The summed E-state index contributed by atoms with van der Waals surface area (Å²) in [5.41, 5.74) is 0. The van der Waals surface area contributed by atoms with Crippen LogP contribution in [0, 0.1) is 11.8 Å². The zero-order valence-corrected chi connectivity index (χ0v) is 13.4. The molecule has 2 heterocycles. The Morgan fingerprint density at radius 1 is 0.905 bits per heavy atom. The average Bonchev–Trinajstić information content (AvgIpc) is 2.90. The lowest BCUT2D eigenvalue weighted by atomic mass is 9.69. The summed E-state index contributed by atoms with van der Waals surface area (Å²) in [7, 11) is 0. The van der Waals surface area contributed by atoms with E-state index in [9.17, 15) is 0 Å². The SMILES string of the molecule is C1CC[NH+](C[C@@H]2CO[C@]3(CC[C@@H]4CCCC[C@@H]4C3)O2)CC1. The molecule has 4 fully saturated rings. The van der Waals surface area contributed by atoms with E-state index in [4.69, 9.17) is 9.47 Å². The zero-order valence-electron chi connectivity index (χ0n) is 13.4. The van der Waals surface area contributed by atoms with Crippen LogP contribution in [0.15, 0.2) is 0 Å². The van der Waals surface area contributed by atoms with Crippen molar-refractivity contribution in [2.24, 2.45) is 11.8 Å². The van der Waals surface area contributed by atoms with Gasteiger partial charge in [0.05, 0.1) is 19.7 Å². The van der Waals surface area contributed by atoms with Crippen LogP contribution in [0.2, 0.25) is 0 Å². The molecule has 1 N–H and O–H groups in total. The summed E-state index contributed by atoms with van der Waals surface area (Å²) >= 11 is 0. The molecular weight excluding hydrogens is 262 g/mol. The van der Waals surface area contributed by atoms with E-state index >= 15 is 0 Å². The molecule has 0 amide bonds. The van der Waals surface area contributed by atoms with E-state index in [1.165, 1.54) is 77.4 Å². The van der Waals surface area contributed by atoms with Gasteiger partial charge >= 0.3 is 0 Å². The Labute approximate surface area is 129 Å². The lowest BCUT2D eigenvalue weighted by Crippen LogP contribution is -3.13. The lowest BCUT2D eigenvalue weighted by molar-refractivity contribution is -0.907. The van der Waals surface area contributed by atoms with Crippen LogP contribution in [0.4, 0.5) is 0 Å². The number of quaternary nitrogens is 1. The van der Waals surface area contributed by atoms with Crippen LogP contribution in [0.3, 0.4) is 0 Å². The van der Waals surface area contributed by atoms with Gasteiger partial charge in [-0.25, -0.2) is 0 Å². The van der Waals surface area contributed by atoms with E-state index in [1.807, 2.05) is 0 Å². The van der Waals surface area contributed by atoms with Gasteiger partial charge in [0, 0.05) is 12.8 Å². The monoisotopic (exact) mass is 294 g/mol. The van der Waals surface area contributed by atoms with Gasteiger partial charge in [-0.15, -0.1) is 0 Å². The summed E-state index contributed by atoms with van der Waals surface area (Å²) < 4.78 is 12.7. The molecule has 1 spiro atoms. The molecule has 4 aliphatic rings. The van der Waals surface area contributed by atoms with Crippen molar-refractivity contribution < 1.29 is 14.4 Å². The van der Waals surface area contributed by atoms with Crippen molar-refractivity contribution in [1.29, 1.82) is 0 Å². The minimum atomic E-state index is -0.182. The third kappa shape index (κ3) is 3.16. The molecule has 0 aromatic rings. The lowest BCUT2D eigenvalue weighted by Gasteiger charge is -2.43. The van der Waals surface area contributed by atoms with Gasteiger partial charge < -0.3 is 14.4 Å². The third-order valence-electron chi connectivity index (χ3n) is 6.53. The number of ether oxygens (including phenoxy) is 2. The van der Waals surface area contributed by atoms with E-state index in [1.54, 1.807) is 4.90 Å². The fourth-order valence-electron chi connectivity index (χ4n) is 5.37. The number of hydrogen-bond donors (Lipinski definition) is 1. The van der Waals surface area contributed by atoms with Crippen LogP contribution < -0.4 is 4.90 Å². The van der Waals surface area contributed by atoms with Crippen LogP contribution in [0.25, 0.3) is 0 Å². The minimum Gasteiger partial charge on any atom is -0.347 e. The molecule has 21 heavy (non-hydrogen) atoms. The summed E-state index contributed by atoms with van der Waals surface area (Å²) in [6.45, 7) is 4.71. The number of piperidine rings is 1. The summed E-state index contributed by atoms with van der Waals surface area (Å²) in [6.07, 6.45) is 14.0. The molecule has 4 atom stereocenters. The molecule has 120 valence electrons. The van der Waals surface area contributed by atoms with Gasteiger partial charge in [-0.05, 0) is 43.9 Å². The first kappa shape index (κ1) is 14.5. The molecule has 2 saturated carbocycles. The van der Waals surface area contributed by atoms with Gasteiger partial charge in [0.25, 0.3) is 0 Å². The van der Waals surface area contributed by atoms with Crippen LogP contribution >= 0.6 is 0 Å². The second kappa shape index (κ2) is 6.17. The maximum atomic E-state index is 6.50. The van der Waals surface area contributed by atoms with Crippen molar-refractivity contribution in [3.05, 3.63) is 0 Å². The Morgan fingerprint density at radius 2 is 1.71 bits per heavy atom. The van der Waals surface area contributed by atoms with E-state index in [0.717, 1.165) is 24.9 Å². The predicted molar refractivity (Wildman–Crippen MR) is 82.3 cm³/mol. The Kier molecular flexibility index (Phi) is 4.25. The predicted octanol–water partition coefficient (Wildman–Crippen LogP) is 2.16. The molecule has 2 saturated heterocycles. The third-order valence-corrected chi connectivity index (χ3v) is 6.53. The molecule has 0 bridgehead atoms. The molecule has 0 aromatic carbocycles. The average molecular weight is 294 g/mol. The van der Waals surface area contributed by atoms with Crippen LogP contribution in [0.5, 0.6) is 0 Å². The normalized spacial score (nSPS) is 44.9. The topological polar surface area (TPSA) is 22.9 Å². The van der Waals surface area contributed by atoms with Crippen molar-refractivity contribution in [2.45, 2.75) is 76.1 Å². The maximum absolute atomic E-state index is 6.50. The fourth-order valence-corrected chi connectivity index (χ4v) is 5.37. The summed E-state index contributed by atoms with van der Waals surface area (Å²) in [5.74, 6) is 1.68. The Balaban J connectivity index is 1.32. The number of nitrogens with one attached hydrogen (secondary N) is 1. The highest BCUT2D eigenvalue weighted by atomic mass is 16.7. The first-order valence-corrected chi connectivity index (χ1v) is 9.48. The highest BCUT2D eigenvalue weighted by Gasteiger charge is 2.48. The molecule has 0 unspecified atom stereocenters. The molecule has 0 aromatic heterocycles. The molecule has 3 nitrogen and oxygen atoms in total. The van der Waals surface area contributed by atoms with Gasteiger partial charge in [0.2, 0.25) is 0 Å². The van der Waals surface area contributed by atoms with Crippen LogP contribution in [0.1, 0.15) is 64.2 Å². The highest BCUT2D eigenvalue weighted by molar-refractivity contribution is 4.91. The second-order valence-corrected chi connectivity index (χ2v) is 8.02. The molecule has 2 aliphatic carbocycles. The standard InChI is InChI=1S/C18H31NO2/c1-4-10-19(11-5-1)13-17-14-20-18(21-17)9-8-15-6-2-3-7-16(15)12-18/h15-17H,1-14H2/p+1/t15-,16+,17+,18+/m0/s1. The first-order chi connectivity index (χ1) is 10.3. The van der Waals surface area contributed by atoms with Gasteiger partial charge in [-0.1, -0.05) is 19.3 Å². The van der Waals surface area contributed by atoms with Gasteiger partial charge in [-0.3, -0.25) is 0 Å². The van der Waals surface area contributed by atoms with Crippen molar-refractivity contribution in [2.75, 3.05) is 26.2 Å². The quantitative estimate of drug-likeness (QED) is 0.843. The zero-order chi connectivity index (χ0) is 14.1. The number of rotatable bonds is 2. The Morgan fingerprint density at radius 3 is 2.57 bits per heavy atom. The van der Waals surface area contributed by atoms with E-state index in [0.29, 0.717) is 6.10 Å². The smallest absolute Gasteiger partial charge is 0.169 e. The molecule has 2 aliphatic heterocycles. The van der Waals surface area contributed by atoms with Gasteiger partial charge in [0.15, 0.2) is 5.79 Å². The second-order valence-electron chi connectivity index (χ2n) is 8.02. The van der Waals surface area contributed by atoms with Crippen LogP contribution in [-0.4, -0.2) is 38.1 Å². The first-order valence-electron chi connectivity index (χ1n) is 9.48. The van der Waals surface area contributed by atoms with Crippen molar-refractivity contribution in [3.8, 4) is 0 Å². The maximum Gasteiger partial charge on any atom is 0.169 e. The van der Waals surface area contributed by atoms with Crippen molar-refractivity contribution >= 4 is 0 Å². The Bertz CT molecular complexity index is 355. The number of likely N-dealkylation sites (tertiary alicyclic amines) is 1. The largest absolute Gasteiger partial charge is 0.347 e. The summed E-state index contributed by atoms with van der Waals surface area (Å²) in [6, 6.07) is 0. The van der Waals surface area contributed by atoms with Crippen molar-refractivity contribution in [1.82, 2.24) is 0 Å². The van der Waals surface area contributed by atoms with Crippen LogP contribution in [-0.2, 0) is 9.47 Å².